The van der Waals surface area contributed by atoms with Crippen molar-refractivity contribution in [2.24, 2.45) is 5.73 Å². The van der Waals surface area contributed by atoms with Gasteiger partial charge in [0, 0.05) is 67.7 Å². The number of Topliss-reactive ketones (excluding diaryl/α,β-unsaturated/α-hetero) is 2. The largest absolute Gasteiger partial charge is 0.399 e. The average Bonchev–Trinajstić information content (AvgIpc) is 4.17. The summed E-state index contributed by atoms with van der Waals surface area (Å²) in [5.41, 5.74) is 4.67. The number of carbonyl (C=O) groups excluding carboxylic acids is 9. The van der Waals surface area contributed by atoms with Crippen LogP contribution in [0.3, 0.4) is 0 Å². The molecule has 0 aliphatic carbocycles. The summed E-state index contributed by atoms with van der Waals surface area (Å²) in [5, 5.41) is 7.58. The summed E-state index contributed by atoms with van der Waals surface area (Å²) in [6.07, 6.45) is 5.83. The number of primary amides is 1. The first kappa shape index (κ1) is 58.8. The van der Waals surface area contributed by atoms with Gasteiger partial charge in [-0.3, -0.25) is 57.9 Å². The van der Waals surface area contributed by atoms with Gasteiger partial charge in [0.1, 0.15) is 23.9 Å². The Labute approximate surface area is 474 Å². The number of hydrogen-bond donors (Lipinski definition) is 6. The second kappa shape index (κ2) is 25.1. The van der Waals surface area contributed by atoms with Gasteiger partial charge in [0.25, 0.3) is 11.8 Å². The lowest BCUT2D eigenvalue weighted by Gasteiger charge is -2.29. The minimum Gasteiger partial charge on any atom is -0.370 e. The van der Waals surface area contributed by atoms with Crippen molar-refractivity contribution in [1.82, 2.24) is 25.8 Å². The predicted octanol–water partition coefficient (Wildman–Crippen LogP) is 6.52. The van der Waals surface area contributed by atoms with Gasteiger partial charge < -0.3 is 31.1 Å². The normalized spacial score (nSPS) is 18.4. The number of anilines is 1. The number of nitrogens with zero attached hydrogens (tertiary/aromatic N) is 3. The molecular weight excluding hydrogens is 1100 g/mol. The average molecular weight is 1160 g/mol. The molecule has 9 rings (SSSR count). The smallest absolute Gasteiger partial charge is 0.370 e. The maximum Gasteiger partial charge on any atom is 0.399 e. The van der Waals surface area contributed by atoms with Crippen molar-refractivity contribution in [3.05, 3.63) is 129 Å². The van der Waals surface area contributed by atoms with E-state index < -0.39 is 84.2 Å². The maximum absolute atomic E-state index is 14.6. The van der Waals surface area contributed by atoms with Crippen molar-refractivity contribution in [3.8, 4) is 11.8 Å². The van der Waals surface area contributed by atoms with Crippen LogP contribution in [0.15, 0.2) is 84.9 Å². The number of amides is 7. The zero-order chi connectivity index (χ0) is 58.5. The van der Waals surface area contributed by atoms with E-state index >= 15 is 0 Å². The number of aryl methyl sites for hydroxylation is 1. The lowest BCUT2D eigenvalue weighted by Crippen LogP contribution is -2.56. The number of benzene rings is 4. The molecule has 19 nitrogen and oxygen atoms in total. The second-order valence-electron chi connectivity index (χ2n) is 21.0. The Balaban J connectivity index is 0.792. The number of nitrogens with one attached hydrogen (secondary N) is 3. The number of carbonyl (C=O) groups is 9. The van der Waals surface area contributed by atoms with E-state index in [2.05, 4.69) is 32.8 Å². The fraction of sp³-hybridized carbons (Fsp3) is 0.390. The summed E-state index contributed by atoms with van der Waals surface area (Å²) in [6.45, 7) is 0.246. The highest BCUT2D eigenvalue weighted by atomic mass is 32.1. The molecule has 5 heterocycles. The van der Waals surface area contributed by atoms with E-state index in [1.807, 2.05) is 6.07 Å². The zero-order valence-corrected chi connectivity index (χ0v) is 46.2. The summed E-state index contributed by atoms with van der Waals surface area (Å²) in [5.74, 6) is 0.900. The molecule has 1 fully saturated rings. The summed E-state index contributed by atoms with van der Waals surface area (Å²) >= 11 is 0.679. The van der Waals surface area contributed by atoms with Crippen LogP contribution >= 0.6 is 18.9 Å². The quantitative estimate of drug-likeness (QED) is 0.0176. The van der Waals surface area contributed by atoms with Gasteiger partial charge in [-0.15, -0.1) is 11.3 Å². The number of ketones is 2. The van der Waals surface area contributed by atoms with Crippen LogP contribution in [0.5, 0.6) is 0 Å². The number of fused-ring (bicyclic) bond motifs is 2. The molecule has 5 aromatic rings. The highest BCUT2D eigenvalue weighted by molar-refractivity contribution is 7.52. The molecule has 4 aliphatic heterocycles. The van der Waals surface area contributed by atoms with Crippen molar-refractivity contribution < 1.29 is 66.3 Å². The second-order valence-corrected chi connectivity index (χ2v) is 23.7. The van der Waals surface area contributed by atoms with E-state index in [4.69, 9.17) is 5.73 Å². The number of imide groups is 1. The van der Waals surface area contributed by atoms with Crippen LogP contribution in [0.4, 0.5) is 14.5 Å². The molecule has 5 atom stereocenters. The molecule has 4 aliphatic rings. The highest BCUT2D eigenvalue weighted by Gasteiger charge is 2.51. The topological polar surface area (TPSA) is 293 Å². The number of rotatable bonds is 23. The van der Waals surface area contributed by atoms with Gasteiger partial charge in [-0.1, -0.05) is 98.2 Å². The van der Waals surface area contributed by atoms with Gasteiger partial charge in [-0.2, -0.15) is 8.78 Å². The zero-order valence-electron chi connectivity index (χ0n) is 44.5. The third-order valence-electron chi connectivity index (χ3n) is 15.5. The molecule has 1 saturated heterocycles. The van der Waals surface area contributed by atoms with Crippen molar-refractivity contribution in [2.45, 2.75) is 145 Å². The molecule has 82 heavy (non-hydrogen) atoms. The molecular formula is C59H60F2N7O12PS. The summed E-state index contributed by atoms with van der Waals surface area (Å²) < 4.78 is 40.6. The van der Waals surface area contributed by atoms with E-state index in [1.54, 1.807) is 60.7 Å². The Hall–Kier alpha value is -7.83. The van der Waals surface area contributed by atoms with E-state index in [9.17, 15) is 66.3 Å². The van der Waals surface area contributed by atoms with Crippen LogP contribution < -0.4 is 26.6 Å². The molecule has 0 bridgehead atoms. The van der Waals surface area contributed by atoms with Crippen molar-refractivity contribution in [2.75, 3.05) is 4.90 Å². The van der Waals surface area contributed by atoms with Gasteiger partial charge in [-0.25, -0.2) is 4.98 Å². The van der Waals surface area contributed by atoms with Gasteiger partial charge in [0.2, 0.25) is 29.5 Å². The van der Waals surface area contributed by atoms with Gasteiger partial charge >= 0.3 is 13.3 Å². The minimum absolute atomic E-state index is 0.0367. The maximum atomic E-state index is 14.6. The van der Waals surface area contributed by atoms with Crippen LogP contribution in [0.25, 0.3) is 10.2 Å². The predicted molar refractivity (Wildman–Crippen MR) is 297 cm³/mol. The SMILES string of the molecule is NC(=O)CC[C@H](NC(=O)[C@@H]1Cc2cccc3c2N1C(=O)[C@@H](NC(=O)c1nc2ccc(C(F)(F)P(=O)(O)O)cc2s1)CC3)C(=O)C[C@H](C(=O)CCCCCCCCC#Cc1cccc2c1CN(C1CCC(=O)NC1=O)C2=O)c1ccccc1. The number of halogens is 2. The fourth-order valence-electron chi connectivity index (χ4n) is 11.1. The molecule has 1 aromatic heterocycles. The summed E-state index contributed by atoms with van der Waals surface area (Å²) in [6, 6.07) is 17.9. The lowest BCUT2D eigenvalue weighted by atomic mass is 9.85. The van der Waals surface area contributed by atoms with Crippen LogP contribution in [0.1, 0.15) is 149 Å². The van der Waals surface area contributed by atoms with Crippen molar-refractivity contribution in [1.29, 1.82) is 0 Å². The molecule has 4 aromatic carbocycles. The number of piperidine rings is 1. The Morgan fingerprint density at radius 3 is 2.34 bits per heavy atom. The molecule has 23 heteroatoms. The van der Waals surface area contributed by atoms with Crippen LogP contribution in [-0.4, -0.2) is 96.8 Å². The van der Waals surface area contributed by atoms with Gasteiger partial charge in [0.15, 0.2) is 10.8 Å². The number of para-hydroxylation sites is 1. The number of hydrogen-bond acceptors (Lipinski definition) is 12. The Morgan fingerprint density at radius 1 is 0.866 bits per heavy atom. The van der Waals surface area contributed by atoms with Crippen molar-refractivity contribution in [3.63, 3.8) is 0 Å². The Bertz CT molecular complexity index is 3500. The number of unbranched alkanes of at least 4 members (excludes halogenated alkanes) is 6. The molecule has 1 unspecified atom stereocenters. The first-order valence-electron chi connectivity index (χ1n) is 27.2. The standard InChI is InChI=1S/C59H60F2N7O12PS/c60-59(61,81(78,79)80)38-23-25-43-49(31-38)82-56(65-43)55(75)64-44-24-22-36-18-12-19-37-30-46(68(52(36)37)58(44)77)54(74)63-42(26-28-50(62)71)48(70)32-40(34-14-9-7-10-15-34)47(69)21-11-6-4-2-1-3-5-8-16-35-17-13-20-39-41(35)33-67(57(39)76)45-27-29-51(72)66-53(45)73/h7,9-10,12-15,17-20,23,25,31,40,42,44-46H,1-6,11,21-22,24,26-30,32-33H2,(H2,62,71)(H,63,74)(H,64,75)(H,66,72,73)(H2,78,79,80)/t40-,42-,44-,45?,46-/m0/s1. The first-order valence-corrected chi connectivity index (χ1v) is 29.7. The third-order valence-corrected chi connectivity index (χ3v) is 17.5. The van der Waals surface area contributed by atoms with Gasteiger partial charge in [-0.05, 0) is 85.0 Å². The van der Waals surface area contributed by atoms with Crippen molar-refractivity contribution >= 4 is 87.8 Å². The summed E-state index contributed by atoms with van der Waals surface area (Å²) in [7, 11) is -5.88. The molecule has 7 N–H and O–H groups in total. The van der Waals surface area contributed by atoms with E-state index in [0.717, 1.165) is 67.0 Å². The monoisotopic (exact) mass is 1160 g/mol. The lowest BCUT2D eigenvalue weighted by molar-refractivity contribution is -0.137. The first-order chi connectivity index (χ1) is 39.2. The van der Waals surface area contributed by atoms with Crippen LogP contribution in [-0.2, 0) is 63.2 Å². The number of thiazole rings is 1. The highest BCUT2D eigenvalue weighted by Crippen LogP contribution is 2.59. The van der Waals surface area contributed by atoms with Gasteiger partial charge in [0.05, 0.1) is 21.9 Å². The molecule has 428 valence electrons. The molecule has 0 saturated carbocycles. The third kappa shape index (κ3) is 12.9. The van der Waals surface area contributed by atoms with Crippen LogP contribution in [0, 0.1) is 11.8 Å². The molecule has 7 amide bonds. The van der Waals surface area contributed by atoms with Crippen LogP contribution in [0.2, 0.25) is 0 Å². The van der Waals surface area contributed by atoms with E-state index in [0.29, 0.717) is 53.0 Å². The number of alkyl halides is 2. The minimum atomic E-state index is -5.88. The van der Waals surface area contributed by atoms with E-state index in [-0.39, 0.29) is 90.7 Å². The Kier molecular flexibility index (Phi) is 18.0. The number of nitrogens with two attached hydrogens (primary N) is 1. The summed E-state index contributed by atoms with van der Waals surface area (Å²) in [4.78, 5) is 146. The fourth-order valence-corrected chi connectivity index (χ4v) is 12.5. The number of aromatic nitrogens is 1. The Morgan fingerprint density at radius 2 is 1.60 bits per heavy atom. The van der Waals surface area contributed by atoms with E-state index in [1.165, 1.54) is 9.80 Å². The molecule has 0 radical (unpaired) electrons. The molecule has 0 spiro atoms.